The molecule has 1 saturated heterocycles. The summed E-state index contributed by atoms with van der Waals surface area (Å²) in [5, 5.41) is 17.6. The number of nitrogens with one attached hydrogen (secondary N) is 2. The Morgan fingerprint density at radius 1 is 1.03 bits per heavy atom. The molecule has 2 amide bonds. The highest BCUT2D eigenvalue weighted by molar-refractivity contribution is 5.99. The SMILES string of the molecule is CCCc1cc(C(=O)N[C@@H](Cc2ccccc2)[C@@H](O)CNCc2cccc(OC)c2)cc(N2CCCC2=O)c1. The summed E-state index contributed by atoms with van der Waals surface area (Å²) in [5.41, 5.74) is 4.37. The quantitative estimate of drug-likeness (QED) is 0.308. The van der Waals surface area contributed by atoms with Crippen molar-refractivity contribution in [2.24, 2.45) is 0 Å². The van der Waals surface area contributed by atoms with Crippen LogP contribution < -0.4 is 20.3 Å². The highest BCUT2D eigenvalue weighted by Gasteiger charge is 2.25. The molecule has 206 valence electrons. The number of rotatable bonds is 13. The zero-order valence-electron chi connectivity index (χ0n) is 22.9. The van der Waals surface area contributed by atoms with Crippen molar-refractivity contribution in [3.63, 3.8) is 0 Å². The van der Waals surface area contributed by atoms with Crippen LogP contribution in [0.5, 0.6) is 5.75 Å². The van der Waals surface area contributed by atoms with Gasteiger partial charge in [-0.05, 0) is 66.3 Å². The minimum Gasteiger partial charge on any atom is -0.497 e. The molecule has 0 spiro atoms. The molecule has 3 N–H and O–H groups in total. The minimum absolute atomic E-state index is 0.0921. The van der Waals surface area contributed by atoms with E-state index in [2.05, 4.69) is 17.6 Å². The molecular formula is C32H39N3O4. The first-order chi connectivity index (χ1) is 19.0. The van der Waals surface area contributed by atoms with Gasteiger partial charge in [0.05, 0.1) is 19.3 Å². The lowest BCUT2D eigenvalue weighted by Crippen LogP contribution is -2.48. The molecular weight excluding hydrogens is 490 g/mol. The number of aliphatic hydroxyl groups is 1. The predicted octanol–water partition coefficient (Wildman–Crippen LogP) is 4.27. The molecule has 1 aliphatic rings. The van der Waals surface area contributed by atoms with Crippen molar-refractivity contribution >= 4 is 17.5 Å². The maximum Gasteiger partial charge on any atom is 0.251 e. The van der Waals surface area contributed by atoms with Gasteiger partial charge in [-0.25, -0.2) is 0 Å². The average molecular weight is 530 g/mol. The maximum absolute atomic E-state index is 13.6. The molecule has 3 aromatic rings. The number of anilines is 1. The predicted molar refractivity (Wildman–Crippen MR) is 154 cm³/mol. The van der Waals surface area contributed by atoms with E-state index in [1.807, 2.05) is 66.7 Å². The topological polar surface area (TPSA) is 90.9 Å². The molecule has 0 radical (unpaired) electrons. The summed E-state index contributed by atoms with van der Waals surface area (Å²) in [6.07, 6.45) is 2.78. The molecule has 0 unspecified atom stereocenters. The second-order valence-electron chi connectivity index (χ2n) is 10.1. The average Bonchev–Trinajstić information content (AvgIpc) is 3.39. The third-order valence-electron chi connectivity index (χ3n) is 7.06. The van der Waals surface area contributed by atoms with E-state index in [1.54, 1.807) is 18.1 Å². The van der Waals surface area contributed by atoms with Crippen LogP contribution in [0.1, 0.15) is 53.2 Å². The van der Waals surface area contributed by atoms with E-state index in [0.29, 0.717) is 38.0 Å². The molecule has 2 atom stereocenters. The van der Waals surface area contributed by atoms with Crippen LogP contribution in [0.15, 0.2) is 72.8 Å². The maximum atomic E-state index is 13.6. The smallest absolute Gasteiger partial charge is 0.251 e. The van der Waals surface area contributed by atoms with Gasteiger partial charge in [-0.1, -0.05) is 55.8 Å². The molecule has 1 fully saturated rings. The van der Waals surface area contributed by atoms with Crippen molar-refractivity contribution in [1.29, 1.82) is 0 Å². The molecule has 0 aromatic heterocycles. The van der Waals surface area contributed by atoms with Crippen LogP contribution in [-0.2, 0) is 24.2 Å². The van der Waals surface area contributed by atoms with E-state index < -0.39 is 12.1 Å². The van der Waals surface area contributed by atoms with Crippen molar-refractivity contribution in [1.82, 2.24) is 10.6 Å². The molecule has 0 bridgehead atoms. The van der Waals surface area contributed by atoms with E-state index >= 15 is 0 Å². The summed E-state index contributed by atoms with van der Waals surface area (Å²) in [7, 11) is 1.64. The fraction of sp³-hybridized carbons (Fsp3) is 0.375. The fourth-order valence-corrected chi connectivity index (χ4v) is 5.01. The van der Waals surface area contributed by atoms with Gasteiger partial charge >= 0.3 is 0 Å². The first-order valence-electron chi connectivity index (χ1n) is 13.8. The first kappa shape index (κ1) is 28.3. The van der Waals surface area contributed by atoms with E-state index in [1.165, 1.54) is 0 Å². The van der Waals surface area contributed by atoms with Crippen LogP contribution in [0.3, 0.4) is 0 Å². The molecule has 39 heavy (non-hydrogen) atoms. The standard InChI is InChI=1S/C32H39N3O4/c1-3-9-24-16-26(20-27(17-24)35-15-8-14-31(35)37)32(38)34-29(19-23-10-5-4-6-11-23)30(36)22-33-21-25-12-7-13-28(18-25)39-2/h4-7,10-13,16-18,20,29-30,33,36H,3,8-9,14-15,19,21-22H2,1-2H3,(H,34,38)/t29-,30-/m0/s1. The Morgan fingerprint density at radius 3 is 2.54 bits per heavy atom. The van der Waals surface area contributed by atoms with Crippen LogP contribution in [0.25, 0.3) is 0 Å². The van der Waals surface area contributed by atoms with E-state index in [4.69, 9.17) is 4.74 Å². The number of amides is 2. The largest absolute Gasteiger partial charge is 0.497 e. The summed E-state index contributed by atoms with van der Waals surface area (Å²) in [6, 6.07) is 22.8. The van der Waals surface area contributed by atoms with Gasteiger partial charge < -0.3 is 25.4 Å². The van der Waals surface area contributed by atoms with Gasteiger partial charge in [0.15, 0.2) is 0 Å². The number of aryl methyl sites for hydroxylation is 1. The Balaban J connectivity index is 1.49. The third-order valence-corrected chi connectivity index (χ3v) is 7.06. The van der Waals surface area contributed by atoms with Gasteiger partial charge in [0.25, 0.3) is 5.91 Å². The van der Waals surface area contributed by atoms with Gasteiger partial charge in [-0.3, -0.25) is 9.59 Å². The number of hydrogen-bond acceptors (Lipinski definition) is 5. The summed E-state index contributed by atoms with van der Waals surface area (Å²) < 4.78 is 5.30. The summed E-state index contributed by atoms with van der Waals surface area (Å²) >= 11 is 0. The Labute approximate surface area is 231 Å². The lowest BCUT2D eigenvalue weighted by atomic mass is 9.99. The number of methoxy groups -OCH3 is 1. The third kappa shape index (κ3) is 7.91. The van der Waals surface area contributed by atoms with Gasteiger partial charge in [0.1, 0.15) is 5.75 Å². The fourth-order valence-electron chi connectivity index (χ4n) is 5.01. The van der Waals surface area contributed by atoms with Gasteiger partial charge in [0, 0.05) is 37.3 Å². The molecule has 0 aliphatic carbocycles. The highest BCUT2D eigenvalue weighted by Crippen LogP contribution is 2.25. The Kier molecular flexibility index (Phi) is 10.1. The molecule has 0 saturated carbocycles. The molecule has 1 heterocycles. The van der Waals surface area contributed by atoms with Gasteiger partial charge in [0.2, 0.25) is 5.91 Å². The molecule has 7 nitrogen and oxygen atoms in total. The monoisotopic (exact) mass is 529 g/mol. The Bertz CT molecular complexity index is 1250. The summed E-state index contributed by atoms with van der Waals surface area (Å²) in [6.45, 7) is 3.63. The summed E-state index contributed by atoms with van der Waals surface area (Å²) in [5.74, 6) is 0.618. The zero-order chi connectivity index (χ0) is 27.6. The number of carbonyl (C=O) groups is 2. The van der Waals surface area contributed by atoms with E-state index in [0.717, 1.165) is 47.4 Å². The lowest BCUT2D eigenvalue weighted by Gasteiger charge is -2.25. The number of carbonyl (C=O) groups excluding carboxylic acids is 2. The van der Waals surface area contributed by atoms with Crippen molar-refractivity contribution < 1.29 is 19.4 Å². The lowest BCUT2D eigenvalue weighted by molar-refractivity contribution is -0.117. The van der Waals surface area contributed by atoms with Crippen molar-refractivity contribution in [3.8, 4) is 5.75 Å². The van der Waals surface area contributed by atoms with Crippen LogP contribution in [0, 0.1) is 0 Å². The van der Waals surface area contributed by atoms with Gasteiger partial charge in [-0.15, -0.1) is 0 Å². The number of nitrogens with zero attached hydrogens (tertiary/aromatic N) is 1. The molecule has 1 aliphatic heterocycles. The molecule has 4 rings (SSSR count). The molecule has 3 aromatic carbocycles. The summed E-state index contributed by atoms with van der Waals surface area (Å²) in [4.78, 5) is 27.7. The van der Waals surface area contributed by atoms with Crippen LogP contribution in [-0.4, -0.2) is 49.3 Å². The Hall–Kier alpha value is -3.68. The number of benzene rings is 3. The van der Waals surface area contributed by atoms with Crippen LogP contribution in [0.2, 0.25) is 0 Å². The minimum atomic E-state index is -0.821. The second-order valence-corrected chi connectivity index (χ2v) is 10.1. The zero-order valence-corrected chi connectivity index (χ0v) is 22.9. The number of ether oxygens (including phenoxy) is 1. The highest BCUT2D eigenvalue weighted by atomic mass is 16.5. The van der Waals surface area contributed by atoms with Crippen LogP contribution >= 0.6 is 0 Å². The normalized spacial score (nSPS) is 14.7. The van der Waals surface area contributed by atoms with Crippen LogP contribution in [0.4, 0.5) is 5.69 Å². The van der Waals surface area contributed by atoms with Crippen molar-refractivity contribution in [3.05, 3.63) is 95.1 Å². The van der Waals surface area contributed by atoms with E-state index in [9.17, 15) is 14.7 Å². The molecule has 7 heteroatoms. The van der Waals surface area contributed by atoms with E-state index in [-0.39, 0.29) is 11.8 Å². The second kappa shape index (κ2) is 13.9. The first-order valence-corrected chi connectivity index (χ1v) is 13.8. The van der Waals surface area contributed by atoms with Crippen molar-refractivity contribution in [2.75, 3.05) is 25.1 Å². The Morgan fingerprint density at radius 2 is 1.82 bits per heavy atom. The van der Waals surface area contributed by atoms with Crippen molar-refractivity contribution in [2.45, 2.75) is 57.7 Å². The number of hydrogen-bond donors (Lipinski definition) is 3. The number of aliphatic hydroxyl groups excluding tert-OH is 1. The van der Waals surface area contributed by atoms with Gasteiger partial charge in [-0.2, -0.15) is 0 Å².